The van der Waals surface area contributed by atoms with Crippen molar-refractivity contribution >= 4 is 5.91 Å². The SMILES string of the molecule is NC(=O)C1(O)C=CC(O)C1. The predicted octanol–water partition coefficient (Wildman–Crippen LogP) is -1.48. The third-order valence-corrected chi connectivity index (χ3v) is 1.54. The molecule has 0 fully saturated rings. The van der Waals surface area contributed by atoms with E-state index in [2.05, 4.69) is 0 Å². The molecule has 0 saturated heterocycles. The second-order valence-corrected chi connectivity index (χ2v) is 2.42. The summed E-state index contributed by atoms with van der Waals surface area (Å²) in [5, 5.41) is 18.1. The van der Waals surface area contributed by atoms with Crippen molar-refractivity contribution in [1.29, 1.82) is 0 Å². The van der Waals surface area contributed by atoms with Crippen LogP contribution >= 0.6 is 0 Å². The van der Waals surface area contributed by atoms with Crippen LogP contribution in [0, 0.1) is 0 Å². The molecule has 1 aliphatic carbocycles. The van der Waals surface area contributed by atoms with Crippen LogP contribution in [0.15, 0.2) is 12.2 Å². The Morgan fingerprint density at radius 1 is 1.80 bits per heavy atom. The maximum atomic E-state index is 10.5. The fourth-order valence-corrected chi connectivity index (χ4v) is 0.908. The van der Waals surface area contributed by atoms with Crippen LogP contribution in [-0.4, -0.2) is 27.8 Å². The topological polar surface area (TPSA) is 83.6 Å². The normalized spacial score (nSPS) is 38.4. The summed E-state index contributed by atoms with van der Waals surface area (Å²) in [6.07, 6.45) is 1.80. The summed E-state index contributed by atoms with van der Waals surface area (Å²) in [7, 11) is 0. The van der Waals surface area contributed by atoms with Gasteiger partial charge in [-0.2, -0.15) is 0 Å². The van der Waals surface area contributed by atoms with Crippen molar-refractivity contribution in [1.82, 2.24) is 0 Å². The molecule has 0 spiro atoms. The van der Waals surface area contributed by atoms with Gasteiger partial charge in [-0.3, -0.25) is 4.79 Å². The first-order chi connectivity index (χ1) is 4.54. The molecule has 0 aliphatic heterocycles. The number of carbonyl (C=O) groups excluding carboxylic acids is 1. The van der Waals surface area contributed by atoms with Crippen LogP contribution in [0.3, 0.4) is 0 Å². The summed E-state index contributed by atoms with van der Waals surface area (Å²) < 4.78 is 0. The van der Waals surface area contributed by atoms with Crippen LogP contribution in [0.4, 0.5) is 0 Å². The predicted molar refractivity (Wildman–Crippen MR) is 33.9 cm³/mol. The Morgan fingerprint density at radius 3 is 2.60 bits per heavy atom. The lowest BCUT2D eigenvalue weighted by molar-refractivity contribution is -0.132. The molecule has 1 rings (SSSR count). The van der Waals surface area contributed by atoms with Crippen molar-refractivity contribution in [3.63, 3.8) is 0 Å². The van der Waals surface area contributed by atoms with Gasteiger partial charge in [0.25, 0.3) is 5.91 Å². The molecule has 0 aromatic rings. The summed E-state index contributed by atoms with van der Waals surface area (Å²) in [4.78, 5) is 10.5. The Morgan fingerprint density at radius 2 is 2.40 bits per heavy atom. The van der Waals surface area contributed by atoms with E-state index in [9.17, 15) is 9.90 Å². The van der Waals surface area contributed by atoms with Crippen molar-refractivity contribution in [3.8, 4) is 0 Å². The first-order valence-corrected chi connectivity index (χ1v) is 2.94. The van der Waals surface area contributed by atoms with Crippen LogP contribution in [-0.2, 0) is 4.79 Å². The second-order valence-electron chi connectivity index (χ2n) is 2.42. The highest BCUT2D eigenvalue weighted by Crippen LogP contribution is 2.21. The molecule has 10 heavy (non-hydrogen) atoms. The molecule has 2 unspecified atom stereocenters. The number of amides is 1. The van der Waals surface area contributed by atoms with E-state index in [4.69, 9.17) is 10.8 Å². The summed E-state index contributed by atoms with van der Waals surface area (Å²) in [6.45, 7) is 0. The van der Waals surface area contributed by atoms with Crippen molar-refractivity contribution in [2.75, 3.05) is 0 Å². The third kappa shape index (κ3) is 1.03. The van der Waals surface area contributed by atoms with Gasteiger partial charge < -0.3 is 15.9 Å². The number of nitrogens with two attached hydrogens (primary N) is 1. The van der Waals surface area contributed by atoms with Crippen molar-refractivity contribution in [2.45, 2.75) is 18.1 Å². The molecule has 0 heterocycles. The van der Waals surface area contributed by atoms with E-state index in [0.29, 0.717) is 0 Å². The van der Waals surface area contributed by atoms with Crippen LogP contribution in [0.2, 0.25) is 0 Å². The van der Waals surface area contributed by atoms with Gasteiger partial charge in [-0.05, 0) is 6.08 Å². The summed E-state index contributed by atoms with van der Waals surface area (Å²) in [5.41, 5.74) is 3.22. The Labute approximate surface area is 58.0 Å². The maximum Gasteiger partial charge on any atom is 0.253 e. The molecule has 0 aromatic heterocycles. The zero-order chi connectivity index (χ0) is 7.78. The molecule has 0 saturated carbocycles. The Hall–Kier alpha value is -0.870. The number of hydrogen-bond donors (Lipinski definition) is 3. The Bertz CT molecular complexity index is 189. The fourth-order valence-electron chi connectivity index (χ4n) is 0.908. The minimum absolute atomic E-state index is 0.0255. The van der Waals surface area contributed by atoms with E-state index in [0.717, 1.165) is 0 Å². The van der Waals surface area contributed by atoms with E-state index < -0.39 is 17.6 Å². The number of rotatable bonds is 1. The Kier molecular flexibility index (Phi) is 1.50. The second kappa shape index (κ2) is 2.07. The number of hydrogen-bond acceptors (Lipinski definition) is 3. The number of primary amides is 1. The van der Waals surface area contributed by atoms with E-state index in [1.54, 1.807) is 0 Å². The molecular formula is C6H9NO3. The van der Waals surface area contributed by atoms with Crippen LogP contribution in [0.1, 0.15) is 6.42 Å². The lowest BCUT2D eigenvalue weighted by atomic mass is 10.0. The molecule has 4 nitrogen and oxygen atoms in total. The van der Waals surface area contributed by atoms with E-state index in [1.165, 1.54) is 12.2 Å². The van der Waals surface area contributed by atoms with E-state index >= 15 is 0 Å². The molecule has 1 aliphatic rings. The summed E-state index contributed by atoms with van der Waals surface area (Å²) in [6, 6.07) is 0. The van der Waals surface area contributed by atoms with Gasteiger partial charge in [0, 0.05) is 6.42 Å². The third-order valence-electron chi connectivity index (χ3n) is 1.54. The Balaban J connectivity index is 2.75. The fraction of sp³-hybridized carbons (Fsp3) is 0.500. The molecule has 56 valence electrons. The minimum Gasteiger partial charge on any atom is -0.389 e. The van der Waals surface area contributed by atoms with E-state index in [-0.39, 0.29) is 6.42 Å². The number of carbonyl (C=O) groups is 1. The molecule has 4 N–H and O–H groups in total. The van der Waals surface area contributed by atoms with Gasteiger partial charge >= 0.3 is 0 Å². The smallest absolute Gasteiger partial charge is 0.253 e. The standard InChI is InChI=1S/C6H9NO3/c7-5(9)6(10)2-1-4(8)3-6/h1-2,4,8,10H,3H2,(H2,7,9). The first kappa shape index (κ1) is 7.24. The largest absolute Gasteiger partial charge is 0.389 e. The average molecular weight is 143 g/mol. The lowest BCUT2D eigenvalue weighted by Gasteiger charge is -2.15. The molecule has 2 atom stereocenters. The quantitative estimate of drug-likeness (QED) is 0.391. The zero-order valence-electron chi connectivity index (χ0n) is 5.32. The van der Waals surface area contributed by atoms with Crippen molar-refractivity contribution in [2.24, 2.45) is 5.73 Å². The van der Waals surface area contributed by atoms with Gasteiger partial charge in [0.15, 0.2) is 5.60 Å². The molecule has 4 heteroatoms. The maximum absolute atomic E-state index is 10.5. The molecular weight excluding hydrogens is 134 g/mol. The van der Waals surface area contributed by atoms with Gasteiger partial charge in [0.2, 0.25) is 0 Å². The molecule has 0 aromatic carbocycles. The average Bonchev–Trinajstić information content (AvgIpc) is 2.13. The van der Waals surface area contributed by atoms with Crippen LogP contribution in [0.5, 0.6) is 0 Å². The van der Waals surface area contributed by atoms with Crippen LogP contribution in [0.25, 0.3) is 0 Å². The zero-order valence-corrected chi connectivity index (χ0v) is 5.32. The monoisotopic (exact) mass is 143 g/mol. The van der Waals surface area contributed by atoms with Crippen molar-refractivity contribution < 1.29 is 15.0 Å². The lowest BCUT2D eigenvalue weighted by Crippen LogP contribution is -2.41. The van der Waals surface area contributed by atoms with Gasteiger partial charge in [0.1, 0.15) is 0 Å². The minimum atomic E-state index is -1.63. The first-order valence-electron chi connectivity index (χ1n) is 2.94. The molecule has 0 bridgehead atoms. The highest BCUT2D eigenvalue weighted by Gasteiger charge is 2.36. The highest BCUT2D eigenvalue weighted by atomic mass is 16.3. The van der Waals surface area contributed by atoms with Crippen LogP contribution < -0.4 is 5.73 Å². The van der Waals surface area contributed by atoms with Gasteiger partial charge in [0.05, 0.1) is 6.10 Å². The van der Waals surface area contributed by atoms with Gasteiger partial charge in [-0.15, -0.1) is 0 Å². The van der Waals surface area contributed by atoms with Gasteiger partial charge in [-0.25, -0.2) is 0 Å². The summed E-state index contributed by atoms with van der Waals surface area (Å²) in [5.74, 6) is -0.819. The summed E-state index contributed by atoms with van der Waals surface area (Å²) >= 11 is 0. The number of aliphatic hydroxyl groups is 2. The van der Waals surface area contributed by atoms with E-state index in [1.807, 2.05) is 0 Å². The molecule has 1 amide bonds. The number of aliphatic hydroxyl groups excluding tert-OH is 1. The van der Waals surface area contributed by atoms with Crippen molar-refractivity contribution in [3.05, 3.63) is 12.2 Å². The van der Waals surface area contributed by atoms with Gasteiger partial charge in [-0.1, -0.05) is 6.08 Å². The molecule has 0 radical (unpaired) electrons. The highest BCUT2D eigenvalue weighted by molar-refractivity contribution is 5.86.